The fourth-order valence-corrected chi connectivity index (χ4v) is 2.47. The highest BCUT2D eigenvalue weighted by atomic mass is 35.5. The van der Waals surface area contributed by atoms with E-state index >= 15 is 0 Å². The normalized spacial score (nSPS) is 10.2. The second-order valence-corrected chi connectivity index (χ2v) is 6.35. The van der Waals surface area contributed by atoms with Gasteiger partial charge >= 0.3 is 0 Å². The third kappa shape index (κ3) is 5.82. The number of carbonyl (C=O) groups is 2. The van der Waals surface area contributed by atoms with Gasteiger partial charge in [-0.2, -0.15) is 0 Å². The van der Waals surface area contributed by atoms with E-state index in [0.29, 0.717) is 28.6 Å². The lowest BCUT2D eigenvalue weighted by molar-refractivity contribution is -0.115. The number of halogens is 1. The molecule has 1 heterocycles. The maximum absolute atomic E-state index is 12.0. The average Bonchev–Trinajstić information content (AvgIpc) is 2.73. The van der Waals surface area contributed by atoms with E-state index in [2.05, 4.69) is 15.6 Å². The van der Waals surface area contributed by atoms with Crippen LogP contribution in [0.2, 0.25) is 5.02 Å². The molecule has 2 N–H and O–H groups in total. The first-order chi connectivity index (χ1) is 13.6. The van der Waals surface area contributed by atoms with Crippen molar-refractivity contribution in [2.45, 2.75) is 6.61 Å². The fourth-order valence-electron chi connectivity index (χ4n) is 2.35. The predicted octanol–water partition coefficient (Wildman–Crippen LogP) is 3.68. The van der Waals surface area contributed by atoms with Gasteiger partial charge in [0, 0.05) is 23.1 Å². The zero-order valence-corrected chi connectivity index (χ0v) is 15.6. The van der Waals surface area contributed by atoms with Crippen LogP contribution in [0.1, 0.15) is 15.9 Å². The van der Waals surface area contributed by atoms with E-state index in [1.807, 2.05) is 24.3 Å². The van der Waals surface area contributed by atoms with Gasteiger partial charge in [-0.1, -0.05) is 23.7 Å². The van der Waals surface area contributed by atoms with Gasteiger partial charge in [0.05, 0.1) is 12.1 Å². The summed E-state index contributed by atoms with van der Waals surface area (Å²) in [5.41, 5.74) is 2.02. The lowest BCUT2D eigenvalue weighted by Crippen LogP contribution is -2.32. The van der Waals surface area contributed by atoms with Gasteiger partial charge in [-0.3, -0.25) is 14.6 Å². The standard InChI is InChI=1S/C21H18ClN3O3/c22-17-5-3-15(4-6-17)14-28-19-9-7-18(8-10-19)25-20(26)13-24-21(27)16-2-1-11-23-12-16/h1-12H,13-14H2,(H,24,27)(H,25,26). The number of aromatic nitrogens is 1. The third-order valence-corrected chi connectivity index (χ3v) is 4.04. The molecule has 1 aromatic heterocycles. The summed E-state index contributed by atoms with van der Waals surface area (Å²) in [4.78, 5) is 27.8. The van der Waals surface area contributed by atoms with E-state index in [-0.39, 0.29) is 18.4 Å². The molecule has 0 aliphatic heterocycles. The molecule has 0 spiro atoms. The van der Waals surface area contributed by atoms with E-state index in [4.69, 9.17) is 16.3 Å². The number of nitrogens with zero attached hydrogens (tertiary/aromatic N) is 1. The number of anilines is 1. The topological polar surface area (TPSA) is 80.3 Å². The van der Waals surface area contributed by atoms with Crippen molar-refractivity contribution in [1.82, 2.24) is 10.3 Å². The van der Waals surface area contributed by atoms with Crippen LogP contribution in [-0.2, 0) is 11.4 Å². The van der Waals surface area contributed by atoms with Crippen molar-refractivity contribution in [2.75, 3.05) is 11.9 Å². The van der Waals surface area contributed by atoms with Gasteiger partial charge in [0.25, 0.3) is 5.91 Å². The summed E-state index contributed by atoms with van der Waals surface area (Å²) in [5.74, 6) is -0.000834. The largest absolute Gasteiger partial charge is 0.489 e. The molecule has 0 saturated heterocycles. The van der Waals surface area contributed by atoms with E-state index in [9.17, 15) is 9.59 Å². The Kier molecular flexibility index (Phi) is 6.59. The van der Waals surface area contributed by atoms with E-state index < -0.39 is 0 Å². The molecule has 0 bridgehead atoms. The molecular weight excluding hydrogens is 378 g/mol. The van der Waals surface area contributed by atoms with Gasteiger partial charge in [0.1, 0.15) is 12.4 Å². The summed E-state index contributed by atoms with van der Waals surface area (Å²) in [6, 6.07) is 17.7. The Morgan fingerprint density at radius 3 is 2.43 bits per heavy atom. The number of ether oxygens (including phenoxy) is 1. The van der Waals surface area contributed by atoms with Gasteiger partial charge in [-0.15, -0.1) is 0 Å². The molecule has 0 fully saturated rings. The lowest BCUT2D eigenvalue weighted by atomic mass is 10.2. The fraction of sp³-hybridized carbons (Fsp3) is 0.0952. The Labute approximate surface area is 167 Å². The molecule has 0 unspecified atom stereocenters. The van der Waals surface area contributed by atoms with Crippen LogP contribution >= 0.6 is 11.6 Å². The molecule has 6 nitrogen and oxygen atoms in total. The molecule has 2 aromatic carbocycles. The van der Waals surface area contributed by atoms with Crippen molar-refractivity contribution >= 4 is 29.1 Å². The van der Waals surface area contributed by atoms with Gasteiger partial charge in [-0.05, 0) is 54.1 Å². The van der Waals surface area contributed by atoms with Crippen LogP contribution < -0.4 is 15.4 Å². The van der Waals surface area contributed by atoms with Crippen molar-refractivity contribution in [1.29, 1.82) is 0 Å². The van der Waals surface area contributed by atoms with E-state index in [1.165, 1.54) is 6.20 Å². The molecule has 7 heteroatoms. The monoisotopic (exact) mass is 395 g/mol. The molecule has 0 radical (unpaired) electrons. The molecule has 28 heavy (non-hydrogen) atoms. The first-order valence-corrected chi connectivity index (χ1v) is 8.93. The molecule has 0 aliphatic carbocycles. The minimum absolute atomic E-state index is 0.136. The quantitative estimate of drug-likeness (QED) is 0.639. The number of rotatable bonds is 7. The van der Waals surface area contributed by atoms with Crippen LogP contribution in [-0.4, -0.2) is 23.3 Å². The molecule has 142 valence electrons. The molecule has 2 amide bonds. The van der Waals surface area contributed by atoms with Crippen LogP contribution in [0.3, 0.4) is 0 Å². The predicted molar refractivity (Wildman–Crippen MR) is 107 cm³/mol. The SMILES string of the molecule is O=C(CNC(=O)c1cccnc1)Nc1ccc(OCc2ccc(Cl)cc2)cc1. The first kappa shape index (κ1) is 19.4. The Hall–Kier alpha value is -3.38. The molecular formula is C21H18ClN3O3. The highest BCUT2D eigenvalue weighted by Gasteiger charge is 2.08. The number of benzene rings is 2. The van der Waals surface area contributed by atoms with E-state index in [1.54, 1.807) is 42.6 Å². The Morgan fingerprint density at radius 2 is 1.75 bits per heavy atom. The Bertz CT molecular complexity index is 929. The smallest absolute Gasteiger partial charge is 0.253 e. The van der Waals surface area contributed by atoms with Crippen molar-refractivity contribution in [3.8, 4) is 5.75 Å². The molecule has 0 aliphatic rings. The maximum Gasteiger partial charge on any atom is 0.253 e. The van der Waals surface area contributed by atoms with Crippen molar-refractivity contribution in [2.24, 2.45) is 0 Å². The van der Waals surface area contributed by atoms with Crippen LogP contribution in [0.5, 0.6) is 5.75 Å². The minimum Gasteiger partial charge on any atom is -0.489 e. The summed E-state index contributed by atoms with van der Waals surface area (Å²) in [6.07, 6.45) is 3.02. The summed E-state index contributed by atoms with van der Waals surface area (Å²) >= 11 is 5.86. The molecule has 0 atom stereocenters. The second kappa shape index (κ2) is 9.53. The number of amides is 2. The van der Waals surface area contributed by atoms with Gasteiger partial charge in [0.2, 0.25) is 5.91 Å². The van der Waals surface area contributed by atoms with E-state index in [0.717, 1.165) is 5.56 Å². The second-order valence-electron chi connectivity index (χ2n) is 5.91. The van der Waals surface area contributed by atoms with Crippen molar-refractivity contribution < 1.29 is 14.3 Å². The van der Waals surface area contributed by atoms with Crippen molar-refractivity contribution in [3.05, 3.63) is 89.2 Å². The summed E-state index contributed by atoms with van der Waals surface area (Å²) in [6.45, 7) is 0.284. The van der Waals surface area contributed by atoms with Crippen LogP contribution in [0.15, 0.2) is 73.1 Å². The van der Waals surface area contributed by atoms with Crippen LogP contribution in [0.25, 0.3) is 0 Å². The summed E-state index contributed by atoms with van der Waals surface area (Å²) in [7, 11) is 0. The van der Waals surface area contributed by atoms with Gasteiger partial charge in [0.15, 0.2) is 0 Å². The molecule has 0 saturated carbocycles. The zero-order valence-electron chi connectivity index (χ0n) is 14.9. The highest BCUT2D eigenvalue weighted by molar-refractivity contribution is 6.30. The third-order valence-electron chi connectivity index (χ3n) is 3.79. The average molecular weight is 396 g/mol. The first-order valence-electron chi connectivity index (χ1n) is 8.55. The lowest BCUT2D eigenvalue weighted by Gasteiger charge is -2.09. The van der Waals surface area contributed by atoms with Crippen molar-refractivity contribution in [3.63, 3.8) is 0 Å². The number of pyridine rings is 1. The molecule has 3 aromatic rings. The number of carbonyl (C=O) groups excluding carboxylic acids is 2. The highest BCUT2D eigenvalue weighted by Crippen LogP contribution is 2.18. The van der Waals surface area contributed by atoms with Gasteiger partial charge < -0.3 is 15.4 Å². The summed E-state index contributed by atoms with van der Waals surface area (Å²) in [5, 5.41) is 5.95. The Morgan fingerprint density at radius 1 is 1.00 bits per heavy atom. The zero-order chi connectivity index (χ0) is 19.8. The summed E-state index contributed by atoms with van der Waals surface area (Å²) < 4.78 is 5.70. The van der Waals surface area contributed by atoms with Crippen LogP contribution in [0, 0.1) is 0 Å². The van der Waals surface area contributed by atoms with Crippen LogP contribution in [0.4, 0.5) is 5.69 Å². The number of hydrogen-bond donors (Lipinski definition) is 2. The maximum atomic E-state index is 12.0. The number of nitrogens with one attached hydrogen (secondary N) is 2. The number of hydrogen-bond acceptors (Lipinski definition) is 4. The van der Waals surface area contributed by atoms with Gasteiger partial charge in [-0.25, -0.2) is 0 Å². The molecule has 3 rings (SSSR count). The Balaban J connectivity index is 1.45. The minimum atomic E-state index is -0.353.